The van der Waals surface area contributed by atoms with Gasteiger partial charge in [-0.15, -0.1) is 0 Å². The molecule has 1 heterocycles. The molecule has 30 heavy (non-hydrogen) atoms. The van der Waals surface area contributed by atoms with Gasteiger partial charge in [-0.05, 0) is 31.4 Å². The zero-order valence-corrected chi connectivity index (χ0v) is 16.9. The van der Waals surface area contributed by atoms with E-state index >= 15 is 0 Å². The quantitative estimate of drug-likeness (QED) is 0.351. The molecule has 1 aromatic carbocycles. The number of benzene rings is 1. The van der Waals surface area contributed by atoms with Crippen molar-refractivity contribution in [1.29, 1.82) is 0 Å². The fourth-order valence-corrected chi connectivity index (χ4v) is 2.58. The molecule has 3 unspecified atom stereocenters. The number of nitro groups is 1. The van der Waals surface area contributed by atoms with Gasteiger partial charge < -0.3 is 25.9 Å². The van der Waals surface area contributed by atoms with Crippen molar-refractivity contribution in [3.8, 4) is 0 Å². The Morgan fingerprint density at radius 1 is 1.27 bits per heavy atom. The summed E-state index contributed by atoms with van der Waals surface area (Å²) in [5, 5.41) is 25.5. The van der Waals surface area contributed by atoms with Crippen molar-refractivity contribution in [2.45, 2.75) is 45.4 Å². The van der Waals surface area contributed by atoms with Crippen molar-refractivity contribution in [3.63, 3.8) is 0 Å². The fraction of sp³-hybridized carbons (Fsp3) is 0.421. The van der Waals surface area contributed by atoms with Gasteiger partial charge in [-0.3, -0.25) is 19.7 Å². The minimum absolute atomic E-state index is 0.00545. The van der Waals surface area contributed by atoms with Crippen LogP contribution in [0.2, 0.25) is 0 Å². The molecule has 0 aliphatic carbocycles. The molecule has 0 saturated carbocycles. The number of carbonyl (C=O) groups excluding carboxylic acids is 2. The number of aliphatic hydroxyl groups is 1. The Labute approximate surface area is 172 Å². The topological polar surface area (TPSA) is 174 Å². The first kappa shape index (κ1) is 23.0. The summed E-state index contributed by atoms with van der Waals surface area (Å²) in [6.07, 6.45) is 0.538. The predicted molar refractivity (Wildman–Crippen MR) is 108 cm³/mol. The average Bonchev–Trinajstić information content (AvgIpc) is 3.17. The van der Waals surface area contributed by atoms with Gasteiger partial charge in [0.25, 0.3) is 11.6 Å². The number of aliphatic hydroxyl groups excluding tert-OH is 1. The summed E-state index contributed by atoms with van der Waals surface area (Å²) in [5.74, 6) is -1.01. The second-order valence-electron chi connectivity index (χ2n) is 7.29. The van der Waals surface area contributed by atoms with Gasteiger partial charge in [0.05, 0.1) is 11.0 Å². The van der Waals surface area contributed by atoms with Crippen molar-refractivity contribution in [1.82, 2.24) is 10.3 Å². The van der Waals surface area contributed by atoms with Crippen LogP contribution in [0.3, 0.4) is 0 Å². The summed E-state index contributed by atoms with van der Waals surface area (Å²) in [6, 6.07) is 3.60. The first-order chi connectivity index (χ1) is 14.1. The van der Waals surface area contributed by atoms with E-state index in [4.69, 9.17) is 10.2 Å². The Kier molecular flexibility index (Phi) is 7.61. The molecule has 0 aliphatic rings. The van der Waals surface area contributed by atoms with Gasteiger partial charge in [-0.25, -0.2) is 4.98 Å². The number of oxazole rings is 1. The predicted octanol–water partition coefficient (Wildman–Crippen LogP) is 1.75. The molecule has 2 rings (SSSR count). The summed E-state index contributed by atoms with van der Waals surface area (Å²) < 4.78 is 5.15. The van der Waals surface area contributed by atoms with E-state index in [0.717, 1.165) is 6.26 Å². The number of anilines is 1. The molecule has 0 saturated heterocycles. The molecule has 3 atom stereocenters. The molecule has 0 aliphatic heterocycles. The van der Waals surface area contributed by atoms with E-state index in [1.165, 1.54) is 31.2 Å². The van der Waals surface area contributed by atoms with Crippen LogP contribution in [-0.4, -0.2) is 39.0 Å². The molecule has 0 radical (unpaired) electrons. The van der Waals surface area contributed by atoms with Crippen LogP contribution >= 0.6 is 0 Å². The smallest absolute Gasteiger partial charge is 0.273 e. The largest absolute Gasteiger partial charge is 0.446 e. The number of nitro benzene ring substituents is 1. The van der Waals surface area contributed by atoms with Gasteiger partial charge in [0.2, 0.25) is 11.8 Å². The third kappa shape index (κ3) is 6.09. The second-order valence-corrected chi connectivity index (χ2v) is 7.29. The first-order valence-electron chi connectivity index (χ1n) is 9.33. The van der Waals surface area contributed by atoms with Gasteiger partial charge >= 0.3 is 0 Å². The molecular weight excluding hydrogens is 394 g/mol. The molecule has 0 spiro atoms. The summed E-state index contributed by atoms with van der Waals surface area (Å²) >= 11 is 0. The highest BCUT2D eigenvalue weighted by Gasteiger charge is 2.26. The van der Waals surface area contributed by atoms with Crippen molar-refractivity contribution >= 4 is 23.2 Å². The number of aromatic nitrogens is 1. The number of hydrogen-bond acceptors (Lipinski definition) is 8. The Morgan fingerprint density at radius 2 is 1.90 bits per heavy atom. The number of hydrogen-bond donors (Lipinski definition) is 4. The lowest BCUT2D eigenvalue weighted by atomic mass is 10.0. The summed E-state index contributed by atoms with van der Waals surface area (Å²) in [6.45, 7) is 5.26. The first-order valence-corrected chi connectivity index (χ1v) is 9.33. The fourth-order valence-electron chi connectivity index (χ4n) is 2.58. The Hall–Kier alpha value is -3.31. The van der Waals surface area contributed by atoms with Gasteiger partial charge in [-0.2, -0.15) is 0 Å². The number of nitrogens with one attached hydrogen (secondary N) is 2. The van der Waals surface area contributed by atoms with E-state index < -0.39 is 34.9 Å². The van der Waals surface area contributed by atoms with Gasteiger partial charge in [0.1, 0.15) is 18.3 Å². The summed E-state index contributed by atoms with van der Waals surface area (Å²) in [7, 11) is 0. The number of amides is 2. The highest BCUT2D eigenvalue weighted by atomic mass is 16.6. The lowest BCUT2D eigenvalue weighted by Gasteiger charge is -2.19. The van der Waals surface area contributed by atoms with E-state index in [9.17, 15) is 24.8 Å². The van der Waals surface area contributed by atoms with E-state index in [1.807, 2.05) is 13.8 Å². The van der Waals surface area contributed by atoms with Gasteiger partial charge in [0, 0.05) is 17.8 Å². The minimum atomic E-state index is -0.916. The SMILES string of the molecule is CC(C)CC(NC(=O)c1coc(C(N)C(C)O)n1)C(=O)Nc1ccc([N+](=O)[O-])cc1. The van der Waals surface area contributed by atoms with Crippen LogP contribution < -0.4 is 16.4 Å². The number of nitrogens with two attached hydrogens (primary N) is 1. The second kappa shape index (κ2) is 9.94. The molecule has 0 bridgehead atoms. The van der Waals surface area contributed by atoms with E-state index in [1.54, 1.807) is 0 Å². The third-order valence-corrected chi connectivity index (χ3v) is 4.23. The van der Waals surface area contributed by atoms with Crippen LogP contribution in [0.25, 0.3) is 0 Å². The molecule has 1 aromatic heterocycles. The minimum Gasteiger partial charge on any atom is -0.446 e. The Morgan fingerprint density at radius 3 is 2.43 bits per heavy atom. The highest BCUT2D eigenvalue weighted by molar-refractivity contribution is 6.00. The summed E-state index contributed by atoms with van der Waals surface area (Å²) in [4.78, 5) is 39.4. The number of non-ortho nitro benzene ring substituents is 1. The van der Waals surface area contributed by atoms with Crippen molar-refractivity contribution in [2.24, 2.45) is 11.7 Å². The van der Waals surface area contributed by atoms with E-state index in [2.05, 4.69) is 15.6 Å². The van der Waals surface area contributed by atoms with Crippen molar-refractivity contribution in [2.75, 3.05) is 5.32 Å². The zero-order valence-electron chi connectivity index (χ0n) is 16.9. The normalized spacial score (nSPS) is 14.1. The molecule has 2 aromatic rings. The van der Waals surface area contributed by atoms with Crippen LogP contribution in [-0.2, 0) is 4.79 Å². The summed E-state index contributed by atoms with van der Waals surface area (Å²) in [5.41, 5.74) is 5.93. The monoisotopic (exact) mass is 419 g/mol. The van der Waals surface area contributed by atoms with Crippen LogP contribution in [0.15, 0.2) is 34.9 Å². The molecule has 11 heteroatoms. The molecule has 0 fully saturated rings. The van der Waals surface area contributed by atoms with Gasteiger partial charge in [-0.1, -0.05) is 13.8 Å². The Bertz CT molecular complexity index is 893. The lowest BCUT2D eigenvalue weighted by Crippen LogP contribution is -2.44. The molecule has 2 amide bonds. The highest BCUT2D eigenvalue weighted by Crippen LogP contribution is 2.17. The third-order valence-electron chi connectivity index (χ3n) is 4.23. The van der Waals surface area contributed by atoms with E-state index in [0.29, 0.717) is 12.1 Å². The molecule has 11 nitrogen and oxygen atoms in total. The maximum Gasteiger partial charge on any atom is 0.273 e. The molecular formula is C19H25N5O6. The Balaban J connectivity index is 2.10. The number of carbonyl (C=O) groups is 2. The number of rotatable bonds is 9. The van der Waals surface area contributed by atoms with Gasteiger partial charge in [0.15, 0.2) is 5.69 Å². The molecule has 162 valence electrons. The van der Waals surface area contributed by atoms with Crippen LogP contribution in [0.1, 0.15) is 49.6 Å². The van der Waals surface area contributed by atoms with Crippen molar-refractivity contribution < 1.29 is 24.0 Å². The van der Waals surface area contributed by atoms with Crippen molar-refractivity contribution in [3.05, 3.63) is 52.2 Å². The lowest BCUT2D eigenvalue weighted by molar-refractivity contribution is -0.384. The standard InChI is InChI=1S/C19H25N5O6/c1-10(2)8-14(17(26)21-12-4-6-13(7-5-12)24(28)29)22-18(27)15-9-30-19(23-15)16(20)11(3)25/h4-7,9-11,14,16,25H,8,20H2,1-3H3,(H,21,26)(H,22,27). The van der Waals surface area contributed by atoms with E-state index in [-0.39, 0.29) is 23.2 Å². The zero-order chi connectivity index (χ0) is 22.4. The molecule has 5 N–H and O–H groups in total. The average molecular weight is 419 g/mol. The van der Waals surface area contributed by atoms with Crippen LogP contribution in [0.4, 0.5) is 11.4 Å². The maximum atomic E-state index is 12.7. The van der Waals surface area contributed by atoms with Crippen LogP contribution in [0, 0.1) is 16.0 Å². The maximum absolute atomic E-state index is 12.7. The number of nitrogens with zero attached hydrogens (tertiary/aromatic N) is 2. The van der Waals surface area contributed by atoms with Crippen LogP contribution in [0.5, 0.6) is 0 Å².